The first-order valence-electron chi connectivity index (χ1n) is 8.22. The number of hydrogen-bond donors (Lipinski definition) is 1. The van der Waals surface area contributed by atoms with Crippen LogP contribution in [0.5, 0.6) is 0 Å². The summed E-state index contributed by atoms with van der Waals surface area (Å²) in [7, 11) is 0. The van der Waals surface area contributed by atoms with Gasteiger partial charge in [0, 0.05) is 19.0 Å². The smallest absolute Gasteiger partial charge is 0.246 e. The standard InChI is InChI=1S/C18H23N3O2/c1-2-11-23-12-17(22)20-18-15-6-4-3-5-14(15)7-8-16(18)21-10-9-19-13-21/h3-6,9-10,13,16,18H,2,7-8,11-12H2,1H3,(H,20,22). The highest BCUT2D eigenvalue weighted by molar-refractivity contribution is 5.77. The minimum absolute atomic E-state index is 0.0492. The average Bonchev–Trinajstić information content (AvgIpc) is 3.10. The summed E-state index contributed by atoms with van der Waals surface area (Å²) >= 11 is 0. The molecule has 0 fully saturated rings. The summed E-state index contributed by atoms with van der Waals surface area (Å²) in [6.07, 6.45) is 8.48. The van der Waals surface area contributed by atoms with E-state index in [1.54, 1.807) is 6.20 Å². The number of rotatable bonds is 6. The zero-order valence-electron chi connectivity index (χ0n) is 13.4. The number of hydrogen-bond acceptors (Lipinski definition) is 3. The molecular formula is C18H23N3O2. The zero-order chi connectivity index (χ0) is 16.1. The van der Waals surface area contributed by atoms with Crippen LogP contribution in [-0.4, -0.2) is 28.7 Å². The van der Waals surface area contributed by atoms with Crippen molar-refractivity contribution in [1.29, 1.82) is 0 Å². The molecule has 1 aliphatic rings. The van der Waals surface area contributed by atoms with Crippen molar-refractivity contribution >= 4 is 5.91 Å². The fourth-order valence-electron chi connectivity index (χ4n) is 3.23. The minimum atomic E-state index is -0.0646. The Bertz CT molecular complexity index is 639. The molecule has 1 aliphatic carbocycles. The summed E-state index contributed by atoms with van der Waals surface area (Å²) < 4.78 is 7.46. The molecule has 1 aromatic heterocycles. The SMILES string of the molecule is CCCOCC(=O)NC1c2ccccc2CCC1n1ccnc1. The van der Waals surface area contributed by atoms with Gasteiger partial charge in [-0.15, -0.1) is 0 Å². The Morgan fingerprint density at radius 3 is 3.09 bits per heavy atom. The van der Waals surface area contributed by atoms with E-state index in [4.69, 9.17) is 4.74 Å². The average molecular weight is 313 g/mol. The van der Waals surface area contributed by atoms with Gasteiger partial charge in [0.05, 0.1) is 18.4 Å². The molecule has 0 radical (unpaired) electrons. The predicted molar refractivity (Wildman–Crippen MR) is 88.0 cm³/mol. The molecule has 23 heavy (non-hydrogen) atoms. The summed E-state index contributed by atoms with van der Waals surface area (Å²) in [6.45, 7) is 2.76. The number of amides is 1. The zero-order valence-corrected chi connectivity index (χ0v) is 13.4. The van der Waals surface area contributed by atoms with E-state index in [9.17, 15) is 4.79 Å². The summed E-state index contributed by atoms with van der Waals surface area (Å²) in [5, 5.41) is 3.16. The molecule has 0 aliphatic heterocycles. The van der Waals surface area contributed by atoms with Crippen LogP contribution in [0.25, 0.3) is 0 Å². The Morgan fingerprint density at radius 1 is 1.43 bits per heavy atom. The van der Waals surface area contributed by atoms with Crippen LogP contribution < -0.4 is 5.32 Å². The Hall–Kier alpha value is -2.14. The van der Waals surface area contributed by atoms with E-state index in [2.05, 4.69) is 33.1 Å². The summed E-state index contributed by atoms with van der Waals surface area (Å²) in [6, 6.07) is 8.47. The number of benzene rings is 1. The maximum atomic E-state index is 12.3. The highest BCUT2D eigenvalue weighted by Crippen LogP contribution is 2.37. The molecule has 1 heterocycles. The largest absolute Gasteiger partial charge is 0.372 e. The van der Waals surface area contributed by atoms with Crippen molar-refractivity contribution in [1.82, 2.24) is 14.9 Å². The van der Waals surface area contributed by atoms with Gasteiger partial charge in [-0.1, -0.05) is 31.2 Å². The molecule has 1 amide bonds. The van der Waals surface area contributed by atoms with E-state index in [0.717, 1.165) is 19.3 Å². The molecule has 0 bridgehead atoms. The van der Waals surface area contributed by atoms with E-state index in [-0.39, 0.29) is 24.6 Å². The van der Waals surface area contributed by atoms with Crippen molar-refractivity contribution in [2.75, 3.05) is 13.2 Å². The van der Waals surface area contributed by atoms with Crippen LogP contribution in [-0.2, 0) is 16.0 Å². The van der Waals surface area contributed by atoms with Gasteiger partial charge in [-0.3, -0.25) is 4.79 Å². The summed E-state index contributed by atoms with van der Waals surface area (Å²) in [5.41, 5.74) is 2.50. The van der Waals surface area contributed by atoms with E-state index >= 15 is 0 Å². The van der Waals surface area contributed by atoms with Gasteiger partial charge >= 0.3 is 0 Å². The molecule has 2 unspecified atom stereocenters. The number of aryl methyl sites for hydroxylation is 1. The molecule has 1 N–H and O–H groups in total. The Kier molecular flexibility index (Phi) is 5.08. The van der Waals surface area contributed by atoms with Gasteiger partial charge in [0.1, 0.15) is 6.61 Å². The van der Waals surface area contributed by atoms with Gasteiger partial charge in [0.15, 0.2) is 0 Å². The second kappa shape index (κ2) is 7.42. The first-order chi connectivity index (χ1) is 11.3. The lowest BCUT2D eigenvalue weighted by Gasteiger charge is -2.35. The Morgan fingerprint density at radius 2 is 2.30 bits per heavy atom. The molecule has 3 rings (SSSR count). The van der Waals surface area contributed by atoms with Crippen LogP contribution in [0.3, 0.4) is 0 Å². The van der Waals surface area contributed by atoms with E-state index < -0.39 is 0 Å². The monoisotopic (exact) mass is 313 g/mol. The van der Waals surface area contributed by atoms with Crippen LogP contribution in [0.1, 0.15) is 43.0 Å². The molecule has 2 aromatic rings. The van der Waals surface area contributed by atoms with Crippen molar-refractivity contribution in [2.45, 2.75) is 38.3 Å². The Balaban J connectivity index is 1.80. The lowest BCUT2D eigenvalue weighted by molar-refractivity contribution is -0.126. The third kappa shape index (κ3) is 3.62. The number of nitrogens with one attached hydrogen (secondary N) is 1. The quantitative estimate of drug-likeness (QED) is 0.834. The van der Waals surface area contributed by atoms with Gasteiger partial charge in [0.2, 0.25) is 5.91 Å². The number of carbonyl (C=O) groups is 1. The van der Waals surface area contributed by atoms with Crippen molar-refractivity contribution in [2.24, 2.45) is 0 Å². The number of fused-ring (bicyclic) bond motifs is 1. The Labute approximate surface area is 136 Å². The fourth-order valence-corrected chi connectivity index (χ4v) is 3.23. The van der Waals surface area contributed by atoms with Crippen LogP contribution >= 0.6 is 0 Å². The number of nitrogens with zero attached hydrogens (tertiary/aromatic N) is 2. The molecule has 122 valence electrons. The van der Waals surface area contributed by atoms with Crippen LogP contribution in [0.4, 0.5) is 0 Å². The topological polar surface area (TPSA) is 56.1 Å². The van der Waals surface area contributed by atoms with Crippen molar-refractivity contribution in [3.8, 4) is 0 Å². The maximum absolute atomic E-state index is 12.3. The number of ether oxygens (including phenoxy) is 1. The van der Waals surface area contributed by atoms with Gasteiger partial charge in [-0.25, -0.2) is 4.98 Å². The van der Waals surface area contributed by atoms with Gasteiger partial charge in [-0.2, -0.15) is 0 Å². The lowest BCUT2D eigenvalue weighted by Crippen LogP contribution is -2.39. The van der Waals surface area contributed by atoms with Gasteiger partial charge in [0.25, 0.3) is 0 Å². The van der Waals surface area contributed by atoms with Gasteiger partial charge in [-0.05, 0) is 30.4 Å². The van der Waals surface area contributed by atoms with Crippen molar-refractivity contribution in [3.05, 3.63) is 54.1 Å². The predicted octanol–water partition coefficient (Wildman–Crippen LogP) is 2.65. The van der Waals surface area contributed by atoms with E-state index in [0.29, 0.717) is 6.61 Å². The normalized spacial score (nSPS) is 20.0. The molecule has 0 spiro atoms. The molecular weight excluding hydrogens is 290 g/mol. The molecule has 5 nitrogen and oxygen atoms in total. The third-order valence-electron chi connectivity index (χ3n) is 4.29. The van der Waals surface area contributed by atoms with Crippen molar-refractivity contribution in [3.63, 3.8) is 0 Å². The molecule has 5 heteroatoms. The molecule has 0 saturated heterocycles. The number of aromatic nitrogens is 2. The first-order valence-corrected chi connectivity index (χ1v) is 8.22. The molecule has 2 atom stereocenters. The highest BCUT2D eigenvalue weighted by atomic mass is 16.5. The van der Waals surface area contributed by atoms with Gasteiger partial charge < -0.3 is 14.6 Å². The van der Waals surface area contributed by atoms with Crippen LogP contribution in [0.15, 0.2) is 43.0 Å². The van der Waals surface area contributed by atoms with Crippen LogP contribution in [0, 0.1) is 0 Å². The lowest BCUT2D eigenvalue weighted by atomic mass is 9.84. The third-order valence-corrected chi connectivity index (χ3v) is 4.29. The minimum Gasteiger partial charge on any atom is -0.372 e. The summed E-state index contributed by atoms with van der Waals surface area (Å²) in [4.78, 5) is 16.4. The van der Waals surface area contributed by atoms with E-state index in [1.165, 1.54) is 11.1 Å². The number of carbonyl (C=O) groups excluding carboxylic acids is 1. The fraction of sp³-hybridized carbons (Fsp3) is 0.444. The van der Waals surface area contributed by atoms with Crippen LogP contribution in [0.2, 0.25) is 0 Å². The van der Waals surface area contributed by atoms with Crippen molar-refractivity contribution < 1.29 is 9.53 Å². The molecule has 0 saturated carbocycles. The second-order valence-corrected chi connectivity index (χ2v) is 5.91. The maximum Gasteiger partial charge on any atom is 0.246 e. The first kappa shape index (κ1) is 15.7. The summed E-state index contributed by atoms with van der Waals surface area (Å²) in [5.74, 6) is -0.0646. The highest BCUT2D eigenvalue weighted by Gasteiger charge is 2.31. The van der Waals surface area contributed by atoms with E-state index in [1.807, 2.05) is 25.5 Å². The number of imidazole rings is 1. The molecule has 1 aromatic carbocycles. The second-order valence-electron chi connectivity index (χ2n) is 5.91.